The van der Waals surface area contributed by atoms with Crippen molar-refractivity contribution >= 4 is 29.7 Å². The van der Waals surface area contributed by atoms with Gasteiger partial charge in [0, 0.05) is 19.3 Å². The molecule has 1 unspecified atom stereocenters. The molecule has 134 valence electrons. The molecular weight excluding hydrogens is 336 g/mol. The van der Waals surface area contributed by atoms with Gasteiger partial charge < -0.3 is 20.9 Å². The minimum Gasteiger partial charge on any atom is -0.480 e. The van der Waals surface area contributed by atoms with Gasteiger partial charge in [0.15, 0.2) is 0 Å². The minimum absolute atomic E-state index is 0.0477. The van der Waals surface area contributed by atoms with Gasteiger partial charge in [-0.3, -0.25) is 9.69 Å². The van der Waals surface area contributed by atoms with Crippen molar-refractivity contribution in [2.24, 2.45) is 5.73 Å². The van der Waals surface area contributed by atoms with Gasteiger partial charge in [0.25, 0.3) is 5.91 Å². The van der Waals surface area contributed by atoms with Crippen molar-refractivity contribution in [1.82, 2.24) is 10.2 Å². The largest absolute Gasteiger partial charge is 0.480 e. The smallest absolute Gasteiger partial charge is 0.413 e. The van der Waals surface area contributed by atoms with Crippen LogP contribution in [0.5, 0.6) is 0 Å². The lowest BCUT2D eigenvalue weighted by Crippen LogP contribution is -2.42. The summed E-state index contributed by atoms with van der Waals surface area (Å²) in [6.45, 7) is 1.88. The zero-order valence-corrected chi connectivity index (χ0v) is 14.5. The van der Waals surface area contributed by atoms with E-state index in [1.807, 2.05) is 6.26 Å². The maximum absolute atomic E-state index is 12.1. The summed E-state index contributed by atoms with van der Waals surface area (Å²) < 4.78 is 4.80. The van der Waals surface area contributed by atoms with Crippen LogP contribution in [0.25, 0.3) is 0 Å². The number of nitriles is 1. The molecule has 0 aliphatic rings. The number of thioether (sulfide) groups is 1. The number of carboxylic acids is 1. The van der Waals surface area contributed by atoms with Crippen LogP contribution in [-0.2, 0) is 14.3 Å². The normalized spacial score (nSPS) is 12.0. The Hall–Kier alpha value is -2.25. The number of hydrogen-bond donors (Lipinski definition) is 3. The molecule has 0 aromatic carbocycles. The SMILES string of the molecule is CCOC(=O)N(/C=C(/C#N)C(=O)NC(CCSC)C(=O)O)CCN. The van der Waals surface area contributed by atoms with Crippen molar-refractivity contribution in [3.8, 4) is 6.07 Å². The van der Waals surface area contributed by atoms with E-state index < -0.39 is 29.6 Å². The summed E-state index contributed by atoms with van der Waals surface area (Å²) in [6.07, 6.45) is 2.28. The molecule has 0 fully saturated rings. The standard InChI is InChI=1S/C14H22N4O5S/c1-3-23-14(22)18(6-5-15)9-10(8-16)12(19)17-11(13(20)21)4-7-24-2/h9,11H,3-7,15H2,1-2H3,(H,17,19)(H,20,21)/b10-9-. The van der Waals surface area contributed by atoms with Crippen LogP contribution >= 0.6 is 11.8 Å². The molecule has 0 aliphatic heterocycles. The van der Waals surface area contributed by atoms with Crippen molar-refractivity contribution in [2.75, 3.05) is 31.7 Å². The molecule has 24 heavy (non-hydrogen) atoms. The molecule has 0 aromatic heterocycles. The molecular formula is C14H22N4O5S. The second kappa shape index (κ2) is 12.2. The van der Waals surface area contributed by atoms with Gasteiger partial charge >= 0.3 is 12.1 Å². The number of carboxylic acid groups (broad SMARTS) is 1. The molecule has 10 heteroatoms. The van der Waals surface area contributed by atoms with Crippen molar-refractivity contribution in [2.45, 2.75) is 19.4 Å². The number of amides is 2. The lowest BCUT2D eigenvalue weighted by molar-refractivity contribution is -0.141. The van der Waals surface area contributed by atoms with Crippen LogP contribution in [0, 0.1) is 11.3 Å². The highest BCUT2D eigenvalue weighted by atomic mass is 32.2. The van der Waals surface area contributed by atoms with Crippen molar-refractivity contribution in [1.29, 1.82) is 5.26 Å². The van der Waals surface area contributed by atoms with Gasteiger partial charge in [0.05, 0.1) is 6.61 Å². The molecule has 0 spiro atoms. The Bertz CT molecular complexity index is 518. The molecule has 0 rings (SSSR count). The van der Waals surface area contributed by atoms with Crippen LogP contribution in [-0.4, -0.2) is 65.7 Å². The molecule has 0 bridgehead atoms. The Morgan fingerprint density at radius 2 is 2.17 bits per heavy atom. The van der Waals surface area contributed by atoms with Crippen LogP contribution in [0.1, 0.15) is 13.3 Å². The van der Waals surface area contributed by atoms with Crippen LogP contribution < -0.4 is 11.1 Å². The van der Waals surface area contributed by atoms with E-state index in [4.69, 9.17) is 20.8 Å². The van der Waals surface area contributed by atoms with Crippen LogP contribution in [0.3, 0.4) is 0 Å². The van der Waals surface area contributed by atoms with Gasteiger partial charge in [0.1, 0.15) is 17.7 Å². The van der Waals surface area contributed by atoms with Gasteiger partial charge in [-0.05, 0) is 25.4 Å². The molecule has 0 saturated carbocycles. The van der Waals surface area contributed by atoms with E-state index >= 15 is 0 Å². The van der Waals surface area contributed by atoms with E-state index in [2.05, 4.69) is 5.32 Å². The summed E-state index contributed by atoms with van der Waals surface area (Å²) in [5.41, 5.74) is 4.98. The lowest BCUT2D eigenvalue weighted by atomic mass is 10.2. The number of carbonyl (C=O) groups excluding carboxylic acids is 2. The van der Waals surface area contributed by atoms with Gasteiger partial charge in [0.2, 0.25) is 0 Å². The highest BCUT2D eigenvalue weighted by Crippen LogP contribution is 2.05. The number of nitrogens with zero attached hydrogens (tertiary/aromatic N) is 2. The molecule has 0 radical (unpaired) electrons. The summed E-state index contributed by atoms with van der Waals surface area (Å²) in [6, 6.07) is 0.530. The second-order valence-corrected chi connectivity index (χ2v) is 5.47. The van der Waals surface area contributed by atoms with E-state index in [0.717, 1.165) is 11.1 Å². The van der Waals surface area contributed by atoms with Crippen LogP contribution in [0.2, 0.25) is 0 Å². The molecule has 0 aromatic rings. The summed E-state index contributed by atoms with van der Waals surface area (Å²) in [5, 5.41) is 20.5. The first-order chi connectivity index (χ1) is 11.4. The number of hydrogen-bond acceptors (Lipinski definition) is 7. The Morgan fingerprint density at radius 1 is 1.50 bits per heavy atom. The molecule has 0 saturated heterocycles. The topological polar surface area (TPSA) is 146 Å². The number of ether oxygens (including phenoxy) is 1. The number of carbonyl (C=O) groups is 3. The van der Waals surface area contributed by atoms with Gasteiger partial charge in [-0.1, -0.05) is 0 Å². The number of nitrogens with one attached hydrogen (secondary N) is 1. The fourth-order valence-corrected chi connectivity index (χ4v) is 2.05. The molecule has 0 heterocycles. The number of aliphatic carboxylic acids is 1. The number of nitrogens with two attached hydrogens (primary N) is 1. The quantitative estimate of drug-likeness (QED) is 0.369. The van der Waals surface area contributed by atoms with E-state index in [9.17, 15) is 14.4 Å². The fraction of sp³-hybridized carbons (Fsp3) is 0.571. The predicted molar refractivity (Wildman–Crippen MR) is 89.0 cm³/mol. The van der Waals surface area contributed by atoms with Gasteiger partial charge in [-0.2, -0.15) is 17.0 Å². The first kappa shape index (κ1) is 21.8. The van der Waals surface area contributed by atoms with E-state index in [0.29, 0.717) is 5.75 Å². The number of rotatable bonds is 10. The zero-order chi connectivity index (χ0) is 18.5. The first-order valence-electron chi connectivity index (χ1n) is 7.19. The fourth-order valence-electron chi connectivity index (χ4n) is 1.58. The Balaban J connectivity index is 5.18. The van der Waals surface area contributed by atoms with Gasteiger partial charge in [-0.25, -0.2) is 9.59 Å². The van der Waals surface area contributed by atoms with E-state index in [1.165, 1.54) is 11.8 Å². The average Bonchev–Trinajstić information content (AvgIpc) is 2.54. The third kappa shape index (κ3) is 7.85. The minimum atomic E-state index is -1.20. The maximum atomic E-state index is 12.1. The first-order valence-corrected chi connectivity index (χ1v) is 8.58. The Labute approximate surface area is 144 Å². The highest BCUT2D eigenvalue weighted by molar-refractivity contribution is 7.98. The molecule has 2 amide bonds. The van der Waals surface area contributed by atoms with Crippen molar-refractivity contribution in [3.05, 3.63) is 11.8 Å². The summed E-state index contributed by atoms with van der Waals surface area (Å²) in [7, 11) is 0. The third-order valence-electron chi connectivity index (χ3n) is 2.74. The van der Waals surface area contributed by atoms with Crippen molar-refractivity contribution in [3.63, 3.8) is 0 Å². The van der Waals surface area contributed by atoms with E-state index in [-0.39, 0.29) is 26.1 Å². The molecule has 4 N–H and O–H groups in total. The average molecular weight is 358 g/mol. The van der Waals surface area contributed by atoms with Crippen LogP contribution in [0.4, 0.5) is 4.79 Å². The van der Waals surface area contributed by atoms with Crippen LogP contribution in [0.15, 0.2) is 11.8 Å². The zero-order valence-electron chi connectivity index (χ0n) is 13.7. The third-order valence-corrected chi connectivity index (χ3v) is 3.38. The Kier molecular flexibility index (Phi) is 11.1. The Morgan fingerprint density at radius 3 is 2.62 bits per heavy atom. The predicted octanol–water partition coefficient (Wildman–Crippen LogP) is 0.134. The summed E-state index contributed by atoms with van der Waals surface area (Å²) in [4.78, 5) is 36.0. The van der Waals surface area contributed by atoms with Gasteiger partial charge in [-0.15, -0.1) is 0 Å². The summed E-state index contributed by atoms with van der Waals surface area (Å²) >= 11 is 1.44. The summed E-state index contributed by atoms with van der Waals surface area (Å²) in [5.74, 6) is -1.54. The molecule has 9 nitrogen and oxygen atoms in total. The highest BCUT2D eigenvalue weighted by Gasteiger charge is 2.23. The molecule has 1 atom stereocenters. The maximum Gasteiger partial charge on any atom is 0.413 e. The van der Waals surface area contributed by atoms with Crippen molar-refractivity contribution < 1.29 is 24.2 Å². The molecule has 0 aliphatic carbocycles. The monoisotopic (exact) mass is 358 g/mol. The lowest BCUT2D eigenvalue weighted by Gasteiger charge is -2.18. The van der Waals surface area contributed by atoms with E-state index in [1.54, 1.807) is 13.0 Å². The second-order valence-electron chi connectivity index (χ2n) is 4.48.